The van der Waals surface area contributed by atoms with Gasteiger partial charge in [0.1, 0.15) is 23.3 Å². The summed E-state index contributed by atoms with van der Waals surface area (Å²) < 4.78 is 27.3. The zero-order chi connectivity index (χ0) is 20.0. The largest absolute Gasteiger partial charge is 0.473 e. The minimum atomic E-state index is -0.454. The summed E-state index contributed by atoms with van der Waals surface area (Å²) in [5.74, 6) is 0.217. The molecule has 0 aliphatic carbocycles. The van der Waals surface area contributed by atoms with Crippen molar-refractivity contribution in [3.8, 4) is 5.88 Å². The van der Waals surface area contributed by atoms with Crippen LogP contribution >= 0.6 is 0 Å². The van der Waals surface area contributed by atoms with E-state index in [1.165, 1.54) is 12.3 Å². The van der Waals surface area contributed by atoms with E-state index in [4.69, 9.17) is 9.47 Å². The molecule has 1 fully saturated rings. The quantitative estimate of drug-likeness (QED) is 0.611. The number of morpholine rings is 1. The Labute approximate surface area is 165 Å². The minimum absolute atomic E-state index is 0.249. The zero-order valence-electron chi connectivity index (χ0n) is 15.7. The van der Waals surface area contributed by atoms with Gasteiger partial charge in [-0.15, -0.1) is 0 Å². The molecule has 2 aliphatic rings. The van der Waals surface area contributed by atoms with Crippen LogP contribution in [0.3, 0.4) is 0 Å². The lowest BCUT2D eigenvalue weighted by atomic mass is 10.1. The van der Waals surface area contributed by atoms with Crippen LogP contribution in [0.25, 0.3) is 5.65 Å². The molecule has 9 nitrogen and oxygen atoms in total. The van der Waals surface area contributed by atoms with Crippen LogP contribution in [0.5, 0.6) is 5.88 Å². The number of halogens is 1. The van der Waals surface area contributed by atoms with E-state index in [0.29, 0.717) is 48.2 Å². The number of amides is 1. The Kier molecular flexibility index (Phi) is 4.27. The summed E-state index contributed by atoms with van der Waals surface area (Å²) >= 11 is 0. The van der Waals surface area contributed by atoms with E-state index >= 15 is 0 Å². The van der Waals surface area contributed by atoms with Crippen LogP contribution in [-0.4, -0.2) is 57.9 Å². The van der Waals surface area contributed by atoms with Crippen LogP contribution in [-0.2, 0) is 4.74 Å². The molecule has 5 heterocycles. The molecule has 5 rings (SSSR count). The average molecular weight is 398 g/mol. The molecule has 1 saturated heterocycles. The number of nitrogens with zero attached hydrogens (tertiary/aromatic N) is 5. The summed E-state index contributed by atoms with van der Waals surface area (Å²) in [4.78, 5) is 23.5. The van der Waals surface area contributed by atoms with Crippen LogP contribution in [0.15, 0.2) is 30.7 Å². The minimum Gasteiger partial charge on any atom is -0.473 e. The summed E-state index contributed by atoms with van der Waals surface area (Å²) in [7, 11) is 0. The van der Waals surface area contributed by atoms with Gasteiger partial charge in [0, 0.05) is 18.3 Å². The van der Waals surface area contributed by atoms with Crippen molar-refractivity contribution in [1.82, 2.24) is 24.9 Å². The van der Waals surface area contributed by atoms with Crippen molar-refractivity contribution in [3.05, 3.63) is 47.7 Å². The van der Waals surface area contributed by atoms with Gasteiger partial charge in [0.25, 0.3) is 5.91 Å². The number of nitrogens with one attached hydrogen (secondary N) is 1. The molecule has 2 aliphatic heterocycles. The first-order chi connectivity index (χ1) is 14.1. The van der Waals surface area contributed by atoms with Crippen molar-refractivity contribution < 1.29 is 18.7 Å². The van der Waals surface area contributed by atoms with E-state index in [1.807, 2.05) is 17.9 Å². The maximum atomic E-state index is 14.1. The molecule has 1 amide bonds. The third-order valence-electron chi connectivity index (χ3n) is 5.09. The van der Waals surface area contributed by atoms with Gasteiger partial charge in [-0.1, -0.05) is 0 Å². The summed E-state index contributed by atoms with van der Waals surface area (Å²) in [6.45, 7) is 3.46. The van der Waals surface area contributed by atoms with Gasteiger partial charge >= 0.3 is 0 Å². The maximum Gasteiger partial charge on any atom is 0.256 e. The number of carbonyl (C=O) groups excluding carboxylic acids is 1. The first kappa shape index (κ1) is 17.8. The third-order valence-corrected chi connectivity index (χ3v) is 5.09. The van der Waals surface area contributed by atoms with Crippen molar-refractivity contribution >= 4 is 17.4 Å². The number of carbonyl (C=O) groups is 1. The van der Waals surface area contributed by atoms with E-state index in [9.17, 15) is 9.18 Å². The zero-order valence-corrected chi connectivity index (χ0v) is 15.7. The molecular weight excluding hydrogens is 379 g/mol. The number of aromatic nitrogens is 4. The SMILES string of the molecule is C[C@H]1CNC(=O)c2cnn3ccc(nc23)N2CCOCC2c2cc(F)cnc2O1. The number of fused-ring (bicyclic) bond motifs is 5. The molecule has 0 radical (unpaired) electrons. The van der Waals surface area contributed by atoms with E-state index in [-0.39, 0.29) is 24.6 Å². The average Bonchev–Trinajstić information content (AvgIpc) is 3.16. The molecule has 0 saturated carbocycles. The number of hydrogen-bond acceptors (Lipinski definition) is 7. The van der Waals surface area contributed by atoms with Crippen molar-refractivity contribution in [2.24, 2.45) is 0 Å². The van der Waals surface area contributed by atoms with Gasteiger partial charge < -0.3 is 19.7 Å². The van der Waals surface area contributed by atoms with Crippen LogP contribution in [0.4, 0.5) is 10.2 Å². The Morgan fingerprint density at radius 1 is 1.34 bits per heavy atom. The second-order valence-electron chi connectivity index (χ2n) is 7.08. The normalized spacial score (nSPS) is 22.0. The van der Waals surface area contributed by atoms with E-state index < -0.39 is 5.82 Å². The number of rotatable bonds is 0. The lowest BCUT2D eigenvalue weighted by molar-refractivity contribution is 0.0903. The van der Waals surface area contributed by atoms with Gasteiger partial charge in [0.15, 0.2) is 5.65 Å². The van der Waals surface area contributed by atoms with Gasteiger partial charge in [-0.05, 0) is 19.1 Å². The highest BCUT2D eigenvalue weighted by Crippen LogP contribution is 2.34. The Morgan fingerprint density at radius 2 is 2.24 bits per heavy atom. The fraction of sp³-hybridized carbons (Fsp3) is 0.368. The van der Waals surface area contributed by atoms with Crippen molar-refractivity contribution in [1.29, 1.82) is 0 Å². The van der Waals surface area contributed by atoms with Gasteiger partial charge in [0.05, 0.1) is 38.2 Å². The van der Waals surface area contributed by atoms with Crippen LogP contribution in [0.1, 0.15) is 28.9 Å². The molecule has 0 aromatic carbocycles. The molecule has 29 heavy (non-hydrogen) atoms. The van der Waals surface area contributed by atoms with Crippen molar-refractivity contribution in [3.63, 3.8) is 0 Å². The summed E-state index contributed by atoms with van der Waals surface area (Å²) in [5.41, 5.74) is 1.41. The maximum absolute atomic E-state index is 14.1. The molecule has 1 N–H and O–H groups in total. The third kappa shape index (κ3) is 3.15. The molecule has 3 aromatic heterocycles. The molecule has 2 bridgehead atoms. The Bertz CT molecular complexity index is 1090. The topological polar surface area (TPSA) is 93.9 Å². The van der Waals surface area contributed by atoms with Gasteiger partial charge in [-0.25, -0.2) is 18.9 Å². The highest BCUT2D eigenvalue weighted by Gasteiger charge is 2.31. The smallest absolute Gasteiger partial charge is 0.256 e. The highest BCUT2D eigenvalue weighted by molar-refractivity contribution is 5.99. The highest BCUT2D eigenvalue weighted by atomic mass is 19.1. The predicted octanol–water partition coefficient (Wildman–Crippen LogP) is 1.35. The lowest BCUT2D eigenvalue weighted by Crippen LogP contribution is -2.40. The molecular formula is C19H19FN6O3. The fourth-order valence-electron chi connectivity index (χ4n) is 3.66. The van der Waals surface area contributed by atoms with Crippen molar-refractivity contribution in [2.45, 2.75) is 19.1 Å². The van der Waals surface area contributed by atoms with Crippen molar-refractivity contribution in [2.75, 3.05) is 31.2 Å². The van der Waals surface area contributed by atoms with Gasteiger partial charge in [-0.3, -0.25) is 4.79 Å². The first-order valence-corrected chi connectivity index (χ1v) is 9.39. The number of hydrogen-bond donors (Lipinski definition) is 1. The first-order valence-electron chi connectivity index (χ1n) is 9.39. The summed E-state index contributed by atoms with van der Waals surface area (Å²) in [6.07, 6.45) is 4.00. The summed E-state index contributed by atoms with van der Waals surface area (Å²) in [5, 5.41) is 7.05. The molecule has 3 aromatic rings. The summed E-state index contributed by atoms with van der Waals surface area (Å²) in [6, 6.07) is 2.90. The predicted molar refractivity (Wildman–Crippen MR) is 101 cm³/mol. The molecule has 1 unspecified atom stereocenters. The number of ether oxygens (including phenoxy) is 2. The lowest BCUT2D eigenvalue weighted by Gasteiger charge is -2.37. The Morgan fingerprint density at radius 3 is 3.14 bits per heavy atom. The van der Waals surface area contributed by atoms with E-state index in [2.05, 4.69) is 20.4 Å². The van der Waals surface area contributed by atoms with Gasteiger partial charge in [-0.2, -0.15) is 5.10 Å². The second kappa shape index (κ2) is 6.96. The standard InChI is InChI=1S/C19H19FN6O3/c1-11-7-21-18(27)14-9-23-26-3-2-16(24-17(14)26)25-4-5-28-10-15(25)13-6-12(20)8-22-19(13)29-11/h2-3,6,8-9,11,15H,4-5,7,10H2,1H3,(H,21,27)/t11-,15?/m0/s1. The molecule has 2 atom stereocenters. The van der Waals surface area contributed by atoms with Gasteiger partial charge in [0.2, 0.25) is 5.88 Å². The molecule has 150 valence electrons. The Balaban J connectivity index is 1.69. The Hall–Kier alpha value is -3.27. The van der Waals surface area contributed by atoms with Crippen LogP contribution < -0.4 is 15.0 Å². The van der Waals surface area contributed by atoms with Crippen LogP contribution in [0.2, 0.25) is 0 Å². The molecule has 10 heteroatoms. The van der Waals surface area contributed by atoms with Crippen LogP contribution in [0, 0.1) is 5.82 Å². The van der Waals surface area contributed by atoms with E-state index in [1.54, 1.807) is 10.7 Å². The second-order valence-corrected chi connectivity index (χ2v) is 7.08. The number of anilines is 1. The monoisotopic (exact) mass is 398 g/mol. The number of pyridine rings is 1. The van der Waals surface area contributed by atoms with E-state index in [0.717, 1.165) is 6.20 Å². The fourth-order valence-corrected chi connectivity index (χ4v) is 3.66. The molecule has 0 spiro atoms.